The highest BCUT2D eigenvalue weighted by molar-refractivity contribution is 5.96. The number of carbonyl (C=O) groups excluding carboxylic acids is 2. The van der Waals surface area contributed by atoms with E-state index in [4.69, 9.17) is 4.74 Å². The monoisotopic (exact) mass is 236 g/mol. The lowest BCUT2D eigenvalue weighted by atomic mass is 10.2. The minimum Gasteiger partial charge on any atom is -0.461 e. The Balaban J connectivity index is 2.25. The Morgan fingerprint density at radius 3 is 2.88 bits per heavy atom. The summed E-state index contributed by atoms with van der Waals surface area (Å²) in [6, 6.07) is 0.317. The minimum absolute atomic E-state index is 0.133. The molecule has 1 saturated carbocycles. The molecule has 0 saturated heterocycles. The Hall–Kier alpha value is -1.65. The molecule has 1 aromatic heterocycles. The summed E-state index contributed by atoms with van der Waals surface area (Å²) in [6.45, 7) is 2.01. The van der Waals surface area contributed by atoms with Crippen molar-refractivity contribution in [1.82, 2.24) is 9.78 Å². The number of carbonyl (C=O) groups is 2. The van der Waals surface area contributed by atoms with E-state index in [1.807, 2.05) is 0 Å². The Labute approximate surface area is 99.8 Å². The zero-order chi connectivity index (χ0) is 12.3. The van der Waals surface area contributed by atoms with Crippen LogP contribution in [0.4, 0.5) is 0 Å². The summed E-state index contributed by atoms with van der Waals surface area (Å²) in [5, 5.41) is 4.19. The molecule has 0 bridgehead atoms. The van der Waals surface area contributed by atoms with Crippen LogP contribution in [0.15, 0.2) is 6.20 Å². The highest BCUT2D eigenvalue weighted by Crippen LogP contribution is 2.29. The molecule has 0 radical (unpaired) electrons. The fourth-order valence-corrected chi connectivity index (χ4v) is 2.21. The molecule has 1 aromatic rings. The van der Waals surface area contributed by atoms with Gasteiger partial charge in [-0.15, -0.1) is 0 Å². The smallest absolute Gasteiger partial charge is 0.359 e. The third-order valence-corrected chi connectivity index (χ3v) is 3.05. The van der Waals surface area contributed by atoms with Crippen molar-refractivity contribution in [2.45, 2.75) is 38.6 Å². The van der Waals surface area contributed by atoms with Crippen molar-refractivity contribution in [1.29, 1.82) is 0 Å². The fraction of sp³-hybridized carbons (Fsp3) is 0.583. The topological polar surface area (TPSA) is 61.2 Å². The Morgan fingerprint density at radius 1 is 1.59 bits per heavy atom. The molecule has 0 atom stereocenters. The van der Waals surface area contributed by atoms with Gasteiger partial charge in [0.25, 0.3) is 0 Å². The fourth-order valence-electron chi connectivity index (χ4n) is 2.21. The van der Waals surface area contributed by atoms with Crippen LogP contribution in [0.3, 0.4) is 0 Å². The number of esters is 1. The second kappa shape index (κ2) is 5.12. The van der Waals surface area contributed by atoms with Crippen molar-refractivity contribution in [3.63, 3.8) is 0 Å². The first-order valence-corrected chi connectivity index (χ1v) is 5.97. The largest absolute Gasteiger partial charge is 0.461 e. The van der Waals surface area contributed by atoms with Gasteiger partial charge in [0.15, 0.2) is 12.0 Å². The quantitative estimate of drug-likeness (QED) is 0.592. The maximum absolute atomic E-state index is 11.6. The maximum atomic E-state index is 11.6. The highest BCUT2D eigenvalue weighted by atomic mass is 16.5. The van der Waals surface area contributed by atoms with E-state index in [9.17, 15) is 9.59 Å². The number of aromatic nitrogens is 2. The Bertz CT molecular complexity index is 419. The summed E-state index contributed by atoms with van der Waals surface area (Å²) in [7, 11) is 0. The van der Waals surface area contributed by atoms with E-state index >= 15 is 0 Å². The lowest BCUT2D eigenvalue weighted by molar-refractivity contribution is 0.0516. The first-order valence-electron chi connectivity index (χ1n) is 5.97. The van der Waals surface area contributed by atoms with Crippen molar-refractivity contribution >= 4 is 12.3 Å². The molecule has 1 heterocycles. The van der Waals surface area contributed by atoms with Gasteiger partial charge in [-0.05, 0) is 19.8 Å². The third-order valence-electron chi connectivity index (χ3n) is 3.05. The zero-order valence-corrected chi connectivity index (χ0v) is 9.89. The first-order chi connectivity index (χ1) is 8.26. The van der Waals surface area contributed by atoms with E-state index in [0.717, 1.165) is 12.8 Å². The number of nitrogens with zero attached hydrogens (tertiary/aromatic N) is 2. The summed E-state index contributed by atoms with van der Waals surface area (Å²) in [6.07, 6.45) is 6.77. The summed E-state index contributed by atoms with van der Waals surface area (Å²) in [5.41, 5.74) is 0.448. The average Bonchev–Trinajstić information content (AvgIpc) is 2.97. The van der Waals surface area contributed by atoms with Crippen LogP contribution in [0.1, 0.15) is 59.5 Å². The van der Waals surface area contributed by atoms with Crippen molar-refractivity contribution in [3.05, 3.63) is 17.5 Å². The van der Waals surface area contributed by atoms with Crippen LogP contribution >= 0.6 is 0 Å². The lowest BCUT2D eigenvalue weighted by Gasteiger charge is -2.08. The normalized spacial score (nSPS) is 16.1. The number of aldehydes is 1. The van der Waals surface area contributed by atoms with Gasteiger partial charge in [-0.1, -0.05) is 12.8 Å². The summed E-state index contributed by atoms with van der Waals surface area (Å²) in [4.78, 5) is 22.5. The first kappa shape index (κ1) is 11.8. The molecule has 1 aliphatic rings. The summed E-state index contributed by atoms with van der Waals surface area (Å²) in [5.74, 6) is -0.522. The van der Waals surface area contributed by atoms with Crippen LogP contribution in [0.5, 0.6) is 0 Å². The van der Waals surface area contributed by atoms with E-state index < -0.39 is 5.97 Å². The van der Waals surface area contributed by atoms with Crippen molar-refractivity contribution in [2.24, 2.45) is 0 Å². The predicted octanol–water partition coefficient (Wildman–Crippen LogP) is 1.99. The predicted molar refractivity (Wildman–Crippen MR) is 61.1 cm³/mol. The van der Waals surface area contributed by atoms with Crippen LogP contribution < -0.4 is 0 Å². The molecule has 0 N–H and O–H groups in total. The number of rotatable bonds is 4. The molecule has 2 rings (SSSR count). The summed E-state index contributed by atoms with van der Waals surface area (Å²) >= 11 is 0. The molecule has 0 unspecified atom stereocenters. The van der Waals surface area contributed by atoms with Gasteiger partial charge in [0.2, 0.25) is 0 Å². The molecule has 17 heavy (non-hydrogen) atoms. The third kappa shape index (κ3) is 2.38. The van der Waals surface area contributed by atoms with Crippen molar-refractivity contribution in [3.8, 4) is 0 Å². The van der Waals surface area contributed by atoms with Gasteiger partial charge < -0.3 is 4.74 Å². The molecule has 1 aliphatic carbocycles. The number of hydrogen-bond acceptors (Lipinski definition) is 4. The van der Waals surface area contributed by atoms with E-state index in [0.29, 0.717) is 17.9 Å². The standard InChI is InChI=1S/C12H16N2O3/c1-2-17-12(16)11-9(8-15)7-14(13-11)10-5-3-4-6-10/h7-8,10H,2-6H2,1H3. The van der Waals surface area contributed by atoms with Gasteiger partial charge in [0, 0.05) is 6.20 Å². The molecule has 0 aromatic carbocycles. The average molecular weight is 236 g/mol. The Morgan fingerprint density at radius 2 is 2.29 bits per heavy atom. The van der Waals surface area contributed by atoms with Gasteiger partial charge in [-0.3, -0.25) is 9.48 Å². The molecule has 0 spiro atoms. The SMILES string of the molecule is CCOC(=O)c1nn(C2CCCC2)cc1C=O. The van der Waals surface area contributed by atoms with E-state index in [2.05, 4.69) is 5.10 Å². The van der Waals surface area contributed by atoms with Gasteiger partial charge in [-0.2, -0.15) is 5.10 Å². The van der Waals surface area contributed by atoms with Crippen molar-refractivity contribution in [2.75, 3.05) is 6.61 Å². The van der Waals surface area contributed by atoms with Gasteiger partial charge in [0.1, 0.15) is 0 Å². The van der Waals surface area contributed by atoms with Gasteiger partial charge in [-0.25, -0.2) is 4.79 Å². The molecule has 92 valence electrons. The number of ether oxygens (including phenoxy) is 1. The molecular formula is C12H16N2O3. The van der Waals surface area contributed by atoms with Crippen LogP contribution in [0.25, 0.3) is 0 Å². The maximum Gasteiger partial charge on any atom is 0.359 e. The van der Waals surface area contributed by atoms with Crippen LogP contribution in [-0.4, -0.2) is 28.6 Å². The van der Waals surface area contributed by atoms with Crippen LogP contribution in [-0.2, 0) is 4.74 Å². The van der Waals surface area contributed by atoms with E-state index in [-0.39, 0.29) is 12.3 Å². The second-order valence-electron chi connectivity index (χ2n) is 4.19. The lowest BCUT2D eigenvalue weighted by Crippen LogP contribution is -2.10. The van der Waals surface area contributed by atoms with Gasteiger partial charge >= 0.3 is 5.97 Å². The number of hydrogen-bond donors (Lipinski definition) is 0. The van der Waals surface area contributed by atoms with E-state index in [1.165, 1.54) is 12.8 Å². The zero-order valence-electron chi connectivity index (χ0n) is 9.89. The van der Waals surface area contributed by atoms with Crippen LogP contribution in [0, 0.1) is 0 Å². The van der Waals surface area contributed by atoms with Gasteiger partial charge in [0.05, 0.1) is 18.2 Å². The molecule has 1 fully saturated rings. The van der Waals surface area contributed by atoms with Crippen LogP contribution in [0.2, 0.25) is 0 Å². The summed E-state index contributed by atoms with van der Waals surface area (Å²) < 4.78 is 6.61. The Kier molecular flexibility index (Phi) is 3.56. The molecule has 5 heteroatoms. The minimum atomic E-state index is -0.522. The molecule has 0 amide bonds. The highest BCUT2D eigenvalue weighted by Gasteiger charge is 2.23. The molecule has 5 nitrogen and oxygen atoms in total. The van der Waals surface area contributed by atoms with Crippen molar-refractivity contribution < 1.29 is 14.3 Å². The second-order valence-corrected chi connectivity index (χ2v) is 4.19. The molecule has 0 aliphatic heterocycles. The van der Waals surface area contributed by atoms with E-state index in [1.54, 1.807) is 17.8 Å². The molecular weight excluding hydrogens is 220 g/mol.